The molecular formula is C13H15NO2. The van der Waals surface area contributed by atoms with Crippen LogP contribution in [0.15, 0.2) is 18.2 Å². The molecule has 0 aliphatic heterocycles. The van der Waals surface area contributed by atoms with E-state index in [9.17, 15) is 5.11 Å². The molecule has 0 aromatic heterocycles. The van der Waals surface area contributed by atoms with Gasteiger partial charge in [0.1, 0.15) is 11.8 Å². The van der Waals surface area contributed by atoms with Gasteiger partial charge in [-0.05, 0) is 42.5 Å². The first-order valence-corrected chi connectivity index (χ1v) is 5.61. The molecule has 3 heteroatoms. The highest BCUT2D eigenvalue weighted by Gasteiger charge is 2.20. The molecule has 0 saturated heterocycles. The molecule has 0 radical (unpaired) electrons. The molecule has 16 heavy (non-hydrogen) atoms. The molecule has 0 amide bonds. The summed E-state index contributed by atoms with van der Waals surface area (Å²) < 4.78 is 5.53. The van der Waals surface area contributed by atoms with Gasteiger partial charge in [-0.2, -0.15) is 5.26 Å². The number of aliphatic hydroxyl groups is 1. The highest BCUT2D eigenvalue weighted by molar-refractivity contribution is 5.40. The fourth-order valence-corrected chi connectivity index (χ4v) is 2.01. The number of nitriles is 1. The highest BCUT2D eigenvalue weighted by atomic mass is 16.5. The van der Waals surface area contributed by atoms with Gasteiger partial charge < -0.3 is 9.84 Å². The number of aryl methyl sites for hydroxylation is 1. The van der Waals surface area contributed by atoms with Crippen LogP contribution in [0.1, 0.15) is 37.0 Å². The molecule has 0 heterocycles. The molecule has 2 rings (SSSR count). The Morgan fingerprint density at radius 1 is 1.62 bits per heavy atom. The van der Waals surface area contributed by atoms with Gasteiger partial charge in [0, 0.05) is 0 Å². The third kappa shape index (κ3) is 2.02. The first-order chi connectivity index (χ1) is 7.74. The first-order valence-electron chi connectivity index (χ1n) is 5.61. The van der Waals surface area contributed by atoms with Crippen molar-refractivity contribution in [2.24, 2.45) is 0 Å². The van der Waals surface area contributed by atoms with Gasteiger partial charge in [-0.15, -0.1) is 0 Å². The Labute approximate surface area is 95.3 Å². The van der Waals surface area contributed by atoms with Crippen molar-refractivity contribution < 1.29 is 9.84 Å². The van der Waals surface area contributed by atoms with Gasteiger partial charge in [0.25, 0.3) is 0 Å². The van der Waals surface area contributed by atoms with E-state index in [-0.39, 0.29) is 12.2 Å². The maximum absolute atomic E-state index is 9.65. The zero-order valence-corrected chi connectivity index (χ0v) is 9.31. The molecule has 0 spiro atoms. The van der Waals surface area contributed by atoms with E-state index >= 15 is 0 Å². The Balaban J connectivity index is 2.17. The van der Waals surface area contributed by atoms with Crippen molar-refractivity contribution in [1.82, 2.24) is 0 Å². The third-order valence-electron chi connectivity index (χ3n) is 2.95. The van der Waals surface area contributed by atoms with E-state index in [1.54, 1.807) is 0 Å². The van der Waals surface area contributed by atoms with Gasteiger partial charge in [0.15, 0.2) is 6.10 Å². The van der Waals surface area contributed by atoms with Crippen molar-refractivity contribution >= 4 is 0 Å². The minimum Gasteiger partial charge on any atom is -0.476 e. The molecule has 1 unspecified atom stereocenters. The van der Waals surface area contributed by atoms with E-state index in [1.807, 2.05) is 25.1 Å². The van der Waals surface area contributed by atoms with Crippen LogP contribution in [-0.4, -0.2) is 11.2 Å². The number of fused-ring (bicyclic) bond motifs is 1. The van der Waals surface area contributed by atoms with Crippen molar-refractivity contribution in [3.63, 3.8) is 0 Å². The van der Waals surface area contributed by atoms with Crippen molar-refractivity contribution in [2.45, 2.75) is 38.4 Å². The lowest BCUT2D eigenvalue weighted by molar-refractivity contribution is 0.180. The quantitative estimate of drug-likeness (QED) is 0.845. The van der Waals surface area contributed by atoms with E-state index in [2.05, 4.69) is 6.07 Å². The first kappa shape index (κ1) is 11.0. The average molecular weight is 217 g/mol. The van der Waals surface area contributed by atoms with Gasteiger partial charge >= 0.3 is 0 Å². The summed E-state index contributed by atoms with van der Waals surface area (Å²) in [7, 11) is 0. The summed E-state index contributed by atoms with van der Waals surface area (Å²) in [5.74, 6) is 0.723. The topological polar surface area (TPSA) is 53.2 Å². The van der Waals surface area contributed by atoms with E-state index in [1.165, 1.54) is 0 Å². The Morgan fingerprint density at radius 3 is 3.12 bits per heavy atom. The summed E-state index contributed by atoms with van der Waals surface area (Å²) in [5, 5.41) is 18.5. The maximum Gasteiger partial charge on any atom is 0.184 e. The second kappa shape index (κ2) is 4.54. The summed E-state index contributed by atoms with van der Waals surface area (Å²) in [6.07, 6.45) is 1.63. The predicted molar refractivity (Wildman–Crippen MR) is 60.0 cm³/mol. The number of hydrogen-bond acceptors (Lipinski definition) is 3. The Bertz CT molecular complexity index is 422. The second-order valence-electron chi connectivity index (χ2n) is 4.06. The van der Waals surface area contributed by atoms with Crippen molar-refractivity contribution in [3.05, 3.63) is 29.3 Å². The Kier molecular flexibility index (Phi) is 3.12. The van der Waals surface area contributed by atoms with Crippen molar-refractivity contribution in [3.8, 4) is 11.8 Å². The number of ether oxygens (including phenoxy) is 1. The maximum atomic E-state index is 9.65. The minimum absolute atomic E-state index is 0.331. The van der Waals surface area contributed by atoms with E-state index in [0.717, 1.165) is 29.7 Å². The minimum atomic E-state index is -0.385. The van der Waals surface area contributed by atoms with Gasteiger partial charge in [0.2, 0.25) is 0 Å². The van der Waals surface area contributed by atoms with Crippen molar-refractivity contribution in [1.29, 1.82) is 5.26 Å². The molecule has 1 N–H and O–H groups in total. The average Bonchev–Trinajstić information content (AvgIpc) is 2.68. The fourth-order valence-electron chi connectivity index (χ4n) is 2.01. The summed E-state index contributed by atoms with van der Waals surface area (Å²) in [5.41, 5.74) is 2.13. The number of benzene rings is 1. The van der Waals surface area contributed by atoms with Crippen LogP contribution in [0.4, 0.5) is 0 Å². The summed E-state index contributed by atoms with van der Waals surface area (Å²) in [6.45, 7) is 1.92. The summed E-state index contributed by atoms with van der Waals surface area (Å²) in [6, 6.07) is 7.76. The SMILES string of the molecule is CCC(C#N)Oc1ccc2c(c1)CC[C@H]2O. The van der Waals surface area contributed by atoms with E-state index in [4.69, 9.17) is 10.00 Å². The Morgan fingerprint density at radius 2 is 2.44 bits per heavy atom. The van der Waals surface area contributed by atoms with Crippen molar-refractivity contribution in [2.75, 3.05) is 0 Å². The largest absolute Gasteiger partial charge is 0.476 e. The number of hydrogen-bond donors (Lipinski definition) is 1. The zero-order valence-electron chi connectivity index (χ0n) is 9.31. The second-order valence-corrected chi connectivity index (χ2v) is 4.06. The van der Waals surface area contributed by atoms with Crippen LogP contribution >= 0.6 is 0 Å². The predicted octanol–water partition coefficient (Wildman–Crippen LogP) is 2.35. The molecule has 2 atom stereocenters. The van der Waals surface area contributed by atoms with Crippen LogP contribution in [0.5, 0.6) is 5.75 Å². The van der Waals surface area contributed by atoms with Gasteiger partial charge in [-0.25, -0.2) is 0 Å². The summed E-state index contributed by atoms with van der Waals surface area (Å²) >= 11 is 0. The lowest BCUT2D eigenvalue weighted by atomic mass is 10.1. The Hall–Kier alpha value is -1.53. The molecule has 1 aromatic carbocycles. The monoisotopic (exact) mass is 217 g/mol. The van der Waals surface area contributed by atoms with Gasteiger partial charge in [-0.1, -0.05) is 13.0 Å². The van der Waals surface area contributed by atoms with E-state index in [0.29, 0.717) is 6.42 Å². The van der Waals surface area contributed by atoms with Crippen LogP contribution in [0.2, 0.25) is 0 Å². The molecular weight excluding hydrogens is 202 g/mol. The molecule has 1 aliphatic carbocycles. The van der Waals surface area contributed by atoms with Gasteiger partial charge in [-0.3, -0.25) is 0 Å². The highest BCUT2D eigenvalue weighted by Crippen LogP contribution is 2.33. The standard InChI is InChI=1S/C13H15NO2/c1-2-10(8-14)16-11-4-5-12-9(7-11)3-6-13(12)15/h4-5,7,10,13,15H,2-3,6H2,1H3/t10?,13-/m1/s1. The number of rotatable bonds is 3. The lowest BCUT2D eigenvalue weighted by Crippen LogP contribution is -2.12. The number of aliphatic hydroxyl groups excluding tert-OH is 1. The van der Waals surface area contributed by atoms with Gasteiger partial charge in [0.05, 0.1) is 6.10 Å². The summed E-state index contributed by atoms with van der Waals surface area (Å²) in [4.78, 5) is 0. The van der Waals surface area contributed by atoms with Crippen LogP contribution in [0.3, 0.4) is 0 Å². The zero-order chi connectivity index (χ0) is 11.5. The van der Waals surface area contributed by atoms with Crippen LogP contribution in [0, 0.1) is 11.3 Å². The molecule has 84 valence electrons. The molecule has 3 nitrogen and oxygen atoms in total. The van der Waals surface area contributed by atoms with Crippen LogP contribution in [-0.2, 0) is 6.42 Å². The molecule has 0 fully saturated rings. The lowest BCUT2D eigenvalue weighted by Gasteiger charge is -2.11. The molecule has 0 bridgehead atoms. The smallest absolute Gasteiger partial charge is 0.184 e. The molecule has 1 aliphatic rings. The van der Waals surface area contributed by atoms with Crippen LogP contribution in [0.25, 0.3) is 0 Å². The normalized spacial score (nSPS) is 19.9. The molecule has 0 saturated carbocycles. The van der Waals surface area contributed by atoms with Crippen LogP contribution < -0.4 is 4.74 Å². The third-order valence-corrected chi connectivity index (χ3v) is 2.95. The fraction of sp³-hybridized carbons (Fsp3) is 0.462. The number of nitrogens with zero attached hydrogens (tertiary/aromatic N) is 1. The van der Waals surface area contributed by atoms with E-state index < -0.39 is 0 Å². The molecule has 1 aromatic rings.